The summed E-state index contributed by atoms with van der Waals surface area (Å²) >= 11 is 4.87. The number of amides is 1. The molecule has 3 rings (SSSR count). The zero-order valence-electron chi connectivity index (χ0n) is 9.62. The summed E-state index contributed by atoms with van der Waals surface area (Å²) in [7, 11) is 0. The summed E-state index contributed by atoms with van der Waals surface area (Å²) in [5.41, 5.74) is 0. The quantitative estimate of drug-likeness (QED) is 0.851. The van der Waals surface area contributed by atoms with Crippen LogP contribution in [-0.2, 0) is 0 Å². The van der Waals surface area contributed by atoms with Gasteiger partial charge in [0.2, 0.25) is 0 Å². The van der Waals surface area contributed by atoms with Crippen molar-refractivity contribution in [1.82, 2.24) is 14.7 Å². The molecule has 94 valence electrons. The summed E-state index contributed by atoms with van der Waals surface area (Å²) in [6, 6.07) is 6.02. The van der Waals surface area contributed by atoms with E-state index >= 15 is 0 Å². The number of thiophene rings is 1. The highest BCUT2D eigenvalue weighted by molar-refractivity contribution is 9.11. The van der Waals surface area contributed by atoms with Gasteiger partial charge in [-0.05, 0) is 40.5 Å². The molecule has 2 aromatic rings. The first-order chi connectivity index (χ1) is 8.74. The average molecular weight is 326 g/mol. The summed E-state index contributed by atoms with van der Waals surface area (Å²) in [4.78, 5) is 15.0. The lowest BCUT2D eigenvalue weighted by molar-refractivity contribution is 0.0792. The van der Waals surface area contributed by atoms with E-state index in [1.165, 1.54) is 11.3 Å². The Bertz CT molecular complexity index is 551. The maximum atomic E-state index is 12.3. The van der Waals surface area contributed by atoms with E-state index in [0.29, 0.717) is 6.04 Å². The fraction of sp³-hybridized carbons (Fsp3) is 0.333. The molecule has 2 aromatic heterocycles. The van der Waals surface area contributed by atoms with E-state index < -0.39 is 0 Å². The molecule has 0 aromatic carbocycles. The molecule has 1 amide bonds. The second-order valence-corrected chi connectivity index (χ2v) is 6.75. The Balaban J connectivity index is 1.70. The summed E-state index contributed by atoms with van der Waals surface area (Å²) in [6.45, 7) is 1.55. The third-order valence-corrected chi connectivity index (χ3v) is 4.75. The third-order valence-electron chi connectivity index (χ3n) is 3.13. The molecule has 4 nitrogen and oxygen atoms in total. The Labute approximate surface area is 117 Å². The second-order valence-electron chi connectivity index (χ2n) is 4.28. The van der Waals surface area contributed by atoms with Gasteiger partial charge in [0.05, 0.1) is 14.7 Å². The van der Waals surface area contributed by atoms with Crippen LogP contribution in [0, 0.1) is 0 Å². The van der Waals surface area contributed by atoms with Crippen molar-refractivity contribution in [3.63, 3.8) is 0 Å². The summed E-state index contributed by atoms with van der Waals surface area (Å²) in [5.74, 6) is 0.125. The van der Waals surface area contributed by atoms with Crippen molar-refractivity contribution in [1.29, 1.82) is 0 Å². The Hall–Kier alpha value is -1.14. The van der Waals surface area contributed by atoms with E-state index in [2.05, 4.69) is 21.0 Å². The third kappa shape index (κ3) is 2.22. The van der Waals surface area contributed by atoms with Crippen LogP contribution in [0.2, 0.25) is 0 Å². The number of hydrogen-bond donors (Lipinski definition) is 0. The van der Waals surface area contributed by atoms with Crippen molar-refractivity contribution in [2.24, 2.45) is 0 Å². The van der Waals surface area contributed by atoms with Gasteiger partial charge in [-0.1, -0.05) is 0 Å². The highest BCUT2D eigenvalue weighted by Crippen LogP contribution is 2.27. The van der Waals surface area contributed by atoms with Crippen LogP contribution >= 0.6 is 27.3 Å². The van der Waals surface area contributed by atoms with Gasteiger partial charge in [-0.15, -0.1) is 11.3 Å². The van der Waals surface area contributed by atoms with Crippen LogP contribution in [0.25, 0.3) is 0 Å². The Morgan fingerprint density at radius 2 is 2.39 bits per heavy atom. The zero-order valence-corrected chi connectivity index (χ0v) is 12.0. The Morgan fingerprint density at radius 1 is 1.50 bits per heavy atom. The molecule has 1 unspecified atom stereocenters. The van der Waals surface area contributed by atoms with Crippen LogP contribution in [0.5, 0.6) is 0 Å². The number of carbonyl (C=O) groups excluding carboxylic acids is 1. The lowest BCUT2D eigenvalue weighted by atomic mass is 10.3. The predicted octanol–water partition coefficient (Wildman–Crippen LogP) is 2.79. The number of hydrogen-bond acceptors (Lipinski definition) is 3. The molecule has 0 saturated carbocycles. The van der Waals surface area contributed by atoms with Crippen molar-refractivity contribution in [3.05, 3.63) is 39.3 Å². The number of aromatic nitrogens is 2. The van der Waals surface area contributed by atoms with Crippen molar-refractivity contribution in [3.8, 4) is 0 Å². The van der Waals surface area contributed by atoms with E-state index in [1.54, 1.807) is 6.20 Å². The van der Waals surface area contributed by atoms with Gasteiger partial charge in [-0.25, -0.2) is 0 Å². The van der Waals surface area contributed by atoms with Crippen LogP contribution in [-0.4, -0.2) is 33.7 Å². The maximum Gasteiger partial charge on any atom is 0.264 e. The molecule has 0 bridgehead atoms. The van der Waals surface area contributed by atoms with Crippen LogP contribution in [0.15, 0.2) is 34.4 Å². The summed E-state index contributed by atoms with van der Waals surface area (Å²) in [5, 5.41) is 4.24. The molecular weight excluding hydrogens is 314 g/mol. The van der Waals surface area contributed by atoms with Crippen LogP contribution in [0.4, 0.5) is 0 Å². The van der Waals surface area contributed by atoms with Crippen molar-refractivity contribution < 1.29 is 4.79 Å². The molecule has 1 aliphatic heterocycles. The second kappa shape index (κ2) is 4.85. The summed E-state index contributed by atoms with van der Waals surface area (Å²) < 4.78 is 2.94. The molecule has 0 aliphatic carbocycles. The SMILES string of the molecule is O=C(c1ccc(Br)s1)N1CCC(n2cccn2)C1. The lowest BCUT2D eigenvalue weighted by Crippen LogP contribution is -2.28. The molecule has 0 radical (unpaired) electrons. The van der Waals surface area contributed by atoms with Crippen molar-refractivity contribution in [2.75, 3.05) is 13.1 Å². The first-order valence-electron chi connectivity index (χ1n) is 5.78. The van der Waals surface area contributed by atoms with E-state index in [4.69, 9.17) is 0 Å². The minimum atomic E-state index is 0.125. The molecule has 0 N–H and O–H groups in total. The van der Waals surface area contributed by atoms with Gasteiger partial charge in [0.25, 0.3) is 5.91 Å². The molecule has 1 aliphatic rings. The first-order valence-corrected chi connectivity index (χ1v) is 7.39. The van der Waals surface area contributed by atoms with Gasteiger partial charge in [-0.3, -0.25) is 9.48 Å². The lowest BCUT2D eigenvalue weighted by Gasteiger charge is -2.15. The van der Waals surface area contributed by atoms with Gasteiger partial charge in [0.15, 0.2) is 0 Å². The van der Waals surface area contributed by atoms with E-state index in [1.807, 2.05) is 34.0 Å². The molecule has 18 heavy (non-hydrogen) atoms. The molecular formula is C12H12BrN3OS. The van der Waals surface area contributed by atoms with Crippen LogP contribution in [0.1, 0.15) is 22.1 Å². The molecule has 0 spiro atoms. The molecule has 1 atom stereocenters. The average Bonchev–Trinajstić information content (AvgIpc) is 3.09. The molecule has 6 heteroatoms. The van der Waals surface area contributed by atoms with Crippen molar-refractivity contribution >= 4 is 33.2 Å². The molecule has 1 saturated heterocycles. The Kier molecular flexibility index (Phi) is 3.22. The number of rotatable bonds is 2. The zero-order chi connectivity index (χ0) is 12.5. The maximum absolute atomic E-state index is 12.3. The van der Waals surface area contributed by atoms with Gasteiger partial charge in [0.1, 0.15) is 0 Å². The highest BCUT2D eigenvalue weighted by atomic mass is 79.9. The molecule has 1 fully saturated rings. The predicted molar refractivity (Wildman–Crippen MR) is 73.8 cm³/mol. The fourth-order valence-corrected chi connectivity index (χ4v) is 3.58. The van der Waals surface area contributed by atoms with E-state index in [9.17, 15) is 4.79 Å². The summed E-state index contributed by atoms with van der Waals surface area (Å²) in [6.07, 6.45) is 4.71. The number of likely N-dealkylation sites (tertiary alicyclic amines) is 1. The number of nitrogens with zero attached hydrogens (tertiary/aromatic N) is 3. The van der Waals surface area contributed by atoms with E-state index in [0.717, 1.165) is 28.2 Å². The fourth-order valence-electron chi connectivity index (χ4n) is 2.22. The van der Waals surface area contributed by atoms with E-state index in [-0.39, 0.29) is 5.91 Å². The minimum absolute atomic E-state index is 0.125. The standard InChI is InChI=1S/C12H12BrN3OS/c13-11-3-2-10(18-11)12(17)15-7-4-9(8-15)16-6-1-5-14-16/h1-3,5-6,9H,4,7-8H2. The number of carbonyl (C=O) groups is 1. The van der Waals surface area contributed by atoms with Crippen molar-refractivity contribution in [2.45, 2.75) is 12.5 Å². The van der Waals surface area contributed by atoms with Gasteiger partial charge >= 0.3 is 0 Å². The van der Waals surface area contributed by atoms with Gasteiger partial charge in [-0.2, -0.15) is 5.10 Å². The smallest absolute Gasteiger partial charge is 0.264 e. The van der Waals surface area contributed by atoms with Gasteiger partial charge < -0.3 is 4.90 Å². The highest BCUT2D eigenvalue weighted by Gasteiger charge is 2.28. The minimum Gasteiger partial charge on any atom is -0.336 e. The molecule has 3 heterocycles. The number of halogens is 1. The van der Waals surface area contributed by atoms with Crippen LogP contribution < -0.4 is 0 Å². The first kappa shape index (κ1) is 11.9. The Morgan fingerprint density at radius 3 is 3.06 bits per heavy atom. The van der Waals surface area contributed by atoms with Gasteiger partial charge in [0, 0.05) is 25.5 Å². The normalized spacial score (nSPS) is 19.4. The monoisotopic (exact) mass is 325 g/mol. The topological polar surface area (TPSA) is 38.1 Å². The van der Waals surface area contributed by atoms with Crippen LogP contribution in [0.3, 0.4) is 0 Å². The largest absolute Gasteiger partial charge is 0.336 e.